The minimum absolute atomic E-state index is 0.149. The molecular weight excluding hydrogens is 325 g/mol. The average molecular weight is 337 g/mol. The van der Waals surface area contributed by atoms with Gasteiger partial charge >= 0.3 is 6.09 Å². The van der Waals surface area contributed by atoms with Crippen molar-refractivity contribution in [3.63, 3.8) is 0 Å². The maximum atomic E-state index is 10.6. The Hall–Kier alpha value is -1.17. The molecule has 20 heavy (non-hydrogen) atoms. The van der Waals surface area contributed by atoms with Crippen LogP contribution >= 0.6 is 34.8 Å². The number of carbonyl (C=O) groups excluding carboxylic acids is 1. The first-order chi connectivity index (χ1) is 9.52. The summed E-state index contributed by atoms with van der Waals surface area (Å²) in [4.78, 5) is 15.1. The molecule has 0 saturated carbocycles. The number of hydrogen-bond donors (Lipinski definition) is 1. The second-order valence-electron chi connectivity index (χ2n) is 4.04. The summed E-state index contributed by atoms with van der Waals surface area (Å²) in [6.45, 7) is 0.569. The molecule has 0 radical (unpaired) electrons. The highest BCUT2D eigenvalue weighted by Gasteiger charge is 2.13. The molecule has 1 heterocycles. The van der Waals surface area contributed by atoms with Crippen LogP contribution < -0.4 is 5.73 Å². The van der Waals surface area contributed by atoms with Gasteiger partial charge in [-0.15, -0.1) is 11.6 Å². The molecule has 8 heteroatoms. The number of aryl methyl sites for hydroxylation is 1. The molecule has 0 saturated heterocycles. The summed E-state index contributed by atoms with van der Waals surface area (Å²) >= 11 is 17.8. The van der Waals surface area contributed by atoms with Crippen LogP contribution in [-0.4, -0.2) is 28.1 Å². The summed E-state index contributed by atoms with van der Waals surface area (Å²) in [5.74, 6) is 1.21. The van der Waals surface area contributed by atoms with Gasteiger partial charge in [-0.1, -0.05) is 23.2 Å². The van der Waals surface area contributed by atoms with E-state index in [0.29, 0.717) is 28.9 Å². The molecule has 0 atom stereocenters. The highest BCUT2D eigenvalue weighted by atomic mass is 35.5. The van der Waals surface area contributed by atoms with Crippen LogP contribution in [0.5, 0.6) is 0 Å². The minimum Gasteiger partial charge on any atom is -0.448 e. The molecule has 5 nitrogen and oxygen atoms in total. The first kappa shape index (κ1) is 15.2. The van der Waals surface area contributed by atoms with E-state index in [0.717, 1.165) is 16.9 Å². The van der Waals surface area contributed by atoms with Gasteiger partial charge < -0.3 is 15.0 Å². The van der Waals surface area contributed by atoms with E-state index in [1.54, 1.807) is 12.1 Å². The van der Waals surface area contributed by atoms with Crippen molar-refractivity contribution in [3.8, 4) is 0 Å². The van der Waals surface area contributed by atoms with Gasteiger partial charge in [-0.2, -0.15) is 0 Å². The molecule has 0 spiro atoms. The van der Waals surface area contributed by atoms with Crippen LogP contribution in [0.4, 0.5) is 4.79 Å². The highest BCUT2D eigenvalue weighted by Crippen LogP contribution is 2.28. The van der Waals surface area contributed by atoms with Crippen molar-refractivity contribution in [2.45, 2.75) is 13.0 Å². The first-order valence-electron chi connectivity index (χ1n) is 5.85. The van der Waals surface area contributed by atoms with Crippen LogP contribution in [0.1, 0.15) is 5.82 Å². The fourth-order valence-electron chi connectivity index (χ4n) is 1.93. The van der Waals surface area contributed by atoms with Crippen molar-refractivity contribution in [2.75, 3.05) is 12.5 Å². The van der Waals surface area contributed by atoms with E-state index in [1.807, 2.05) is 4.57 Å². The van der Waals surface area contributed by atoms with Gasteiger partial charge in [0.15, 0.2) is 0 Å². The number of ether oxygens (including phenoxy) is 1. The van der Waals surface area contributed by atoms with Crippen LogP contribution in [-0.2, 0) is 17.7 Å². The predicted octanol–water partition coefficient (Wildman–Crippen LogP) is 3.22. The van der Waals surface area contributed by atoms with Crippen LogP contribution in [0, 0.1) is 0 Å². The normalized spacial score (nSPS) is 10.9. The molecule has 1 aromatic carbocycles. The number of benzene rings is 1. The Labute approximate surface area is 130 Å². The van der Waals surface area contributed by atoms with Gasteiger partial charge in [-0.3, -0.25) is 0 Å². The number of imidazole rings is 1. The van der Waals surface area contributed by atoms with Crippen LogP contribution in [0.2, 0.25) is 10.0 Å². The summed E-state index contributed by atoms with van der Waals surface area (Å²) in [6, 6.07) is 3.43. The lowest BCUT2D eigenvalue weighted by Gasteiger charge is -2.08. The Kier molecular flexibility index (Phi) is 4.96. The van der Waals surface area contributed by atoms with E-state index in [4.69, 9.17) is 45.3 Å². The molecular formula is C12H12Cl3N3O2. The monoisotopic (exact) mass is 335 g/mol. The second-order valence-corrected chi connectivity index (χ2v) is 5.23. The number of amides is 1. The fraction of sp³-hybridized carbons (Fsp3) is 0.333. The molecule has 2 N–H and O–H groups in total. The van der Waals surface area contributed by atoms with Gasteiger partial charge in [0.25, 0.3) is 0 Å². The number of primary amides is 1. The van der Waals surface area contributed by atoms with Gasteiger partial charge in [-0.25, -0.2) is 9.78 Å². The smallest absolute Gasteiger partial charge is 0.404 e. The first-order valence-corrected chi connectivity index (χ1v) is 7.14. The number of hydrogen-bond acceptors (Lipinski definition) is 3. The average Bonchev–Trinajstić information content (AvgIpc) is 2.68. The molecule has 1 aromatic heterocycles. The van der Waals surface area contributed by atoms with Crippen LogP contribution in [0.15, 0.2) is 12.1 Å². The quantitative estimate of drug-likeness (QED) is 0.852. The van der Waals surface area contributed by atoms with Crippen molar-refractivity contribution >= 4 is 51.9 Å². The maximum absolute atomic E-state index is 10.6. The Morgan fingerprint density at radius 3 is 2.70 bits per heavy atom. The molecule has 0 aliphatic heterocycles. The zero-order valence-corrected chi connectivity index (χ0v) is 12.7. The third-order valence-corrected chi connectivity index (χ3v) is 3.66. The van der Waals surface area contributed by atoms with Gasteiger partial charge in [-0.05, 0) is 12.1 Å². The fourth-order valence-corrected chi connectivity index (χ4v) is 2.42. The lowest BCUT2D eigenvalue weighted by atomic mass is 10.3. The number of carbonyl (C=O) groups is 1. The Morgan fingerprint density at radius 2 is 2.05 bits per heavy atom. The molecule has 0 aliphatic rings. The van der Waals surface area contributed by atoms with Crippen LogP contribution in [0.3, 0.4) is 0 Å². The van der Waals surface area contributed by atoms with E-state index in [2.05, 4.69) is 4.98 Å². The number of rotatable bonds is 5. The number of alkyl halides is 1. The minimum atomic E-state index is -0.811. The molecule has 2 rings (SSSR count). The third-order valence-electron chi connectivity index (χ3n) is 2.75. The summed E-state index contributed by atoms with van der Waals surface area (Å²) in [7, 11) is 0. The lowest BCUT2D eigenvalue weighted by Crippen LogP contribution is -2.17. The zero-order valence-electron chi connectivity index (χ0n) is 10.4. The van der Waals surface area contributed by atoms with Gasteiger partial charge in [0.1, 0.15) is 12.4 Å². The van der Waals surface area contributed by atoms with Gasteiger partial charge in [0, 0.05) is 12.3 Å². The largest absolute Gasteiger partial charge is 0.448 e. The molecule has 0 bridgehead atoms. The van der Waals surface area contributed by atoms with E-state index >= 15 is 0 Å². The number of nitrogens with zero attached hydrogens (tertiary/aromatic N) is 2. The summed E-state index contributed by atoms with van der Waals surface area (Å²) in [6.07, 6.45) is -0.225. The van der Waals surface area contributed by atoms with Crippen molar-refractivity contribution < 1.29 is 9.53 Å². The van der Waals surface area contributed by atoms with E-state index < -0.39 is 6.09 Å². The Bertz CT molecular complexity index is 642. The summed E-state index contributed by atoms with van der Waals surface area (Å²) in [5, 5.41) is 0.878. The van der Waals surface area contributed by atoms with Crippen molar-refractivity contribution in [3.05, 3.63) is 28.0 Å². The molecule has 0 unspecified atom stereocenters. The van der Waals surface area contributed by atoms with E-state index in [1.165, 1.54) is 0 Å². The second kappa shape index (κ2) is 6.52. The third kappa shape index (κ3) is 3.29. The molecule has 0 aliphatic carbocycles. The van der Waals surface area contributed by atoms with Gasteiger partial charge in [0.2, 0.25) is 0 Å². The van der Waals surface area contributed by atoms with Crippen molar-refractivity contribution in [2.24, 2.45) is 5.73 Å². The summed E-state index contributed by atoms with van der Waals surface area (Å²) in [5.41, 5.74) is 6.47. The standard InChI is InChI=1S/C12H12Cl3N3O2/c13-2-1-11-17-9-5-7(14)8(15)6-10(9)18(11)3-4-20-12(16)19/h5-6H,1-4H2,(H2,16,19). The SMILES string of the molecule is NC(=O)OCCn1c(CCCl)nc2cc(Cl)c(Cl)cc21. The molecule has 108 valence electrons. The van der Waals surface area contributed by atoms with Crippen molar-refractivity contribution in [1.29, 1.82) is 0 Å². The lowest BCUT2D eigenvalue weighted by molar-refractivity contribution is 0.152. The predicted molar refractivity (Wildman–Crippen MR) is 79.7 cm³/mol. The number of halogens is 3. The zero-order chi connectivity index (χ0) is 14.7. The molecule has 0 fully saturated rings. The van der Waals surface area contributed by atoms with Crippen LogP contribution in [0.25, 0.3) is 11.0 Å². The Morgan fingerprint density at radius 1 is 1.35 bits per heavy atom. The van der Waals surface area contributed by atoms with Crippen molar-refractivity contribution in [1.82, 2.24) is 9.55 Å². The van der Waals surface area contributed by atoms with E-state index in [9.17, 15) is 4.79 Å². The highest BCUT2D eigenvalue weighted by molar-refractivity contribution is 6.42. The summed E-state index contributed by atoms with van der Waals surface area (Å²) < 4.78 is 6.64. The number of nitrogens with two attached hydrogens (primary N) is 1. The molecule has 1 amide bonds. The number of fused-ring (bicyclic) bond motifs is 1. The topological polar surface area (TPSA) is 70.1 Å². The Balaban J connectivity index is 2.39. The number of aromatic nitrogens is 2. The van der Waals surface area contributed by atoms with E-state index in [-0.39, 0.29) is 6.61 Å². The molecule has 2 aromatic rings. The maximum Gasteiger partial charge on any atom is 0.404 e. The van der Waals surface area contributed by atoms with Gasteiger partial charge in [0.05, 0.1) is 27.6 Å².